The average molecular weight is 339 g/mol. The van der Waals surface area contributed by atoms with Gasteiger partial charge >= 0.3 is 0 Å². The first-order valence-corrected chi connectivity index (χ1v) is 8.03. The van der Waals surface area contributed by atoms with Gasteiger partial charge in [-0.1, -0.05) is 28.9 Å². The molecule has 3 nitrogen and oxygen atoms in total. The molecule has 5 heteroatoms. The van der Waals surface area contributed by atoms with Crippen LogP contribution in [0, 0.1) is 0 Å². The van der Waals surface area contributed by atoms with Gasteiger partial charge < -0.3 is 10.1 Å². The Labute approximate surface area is 125 Å². The predicted octanol–water partition coefficient (Wildman–Crippen LogP) is 4.08. The highest BCUT2D eigenvalue weighted by molar-refractivity contribution is 9.10. The number of halogens is 1. The van der Waals surface area contributed by atoms with E-state index in [9.17, 15) is 0 Å². The SMILES string of the molecule is CCNC1CC(c2cncs2)Oc2cc(Br)ccc21. The van der Waals surface area contributed by atoms with Gasteiger partial charge in [-0.15, -0.1) is 11.3 Å². The first kappa shape index (κ1) is 13.1. The number of fused-ring (bicyclic) bond motifs is 1. The second-order valence-corrected chi connectivity index (χ2v) is 6.37. The summed E-state index contributed by atoms with van der Waals surface area (Å²) in [5.41, 5.74) is 3.10. The van der Waals surface area contributed by atoms with Crippen LogP contribution in [-0.2, 0) is 0 Å². The average Bonchev–Trinajstić information content (AvgIpc) is 2.92. The first-order valence-electron chi connectivity index (χ1n) is 6.35. The third-order valence-electron chi connectivity index (χ3n) is 3.29. The molecule has 1 aromatic heterocycles. The number of nitrogens with zero attached hydrogens (tertiary/aromatic N) is 1. The lowest BCUT2D eigenvalue weighted by molar-refractivity contribution is 0.155. The Morgan fingerprint density at radius 2 is 2.42 bits per heavy atom. The first-order chi connectivity index (χ1) is 9.28. The van der Waals surface area contributed by atoms with Gasteiger partial charge in [0.05, 0.1) is 10.4 Å². The summed E-state index contributed by atoms with van der Waals surface area (Å²) in [6.07, 6.45) is 2.95. The van der Waals surface area contributed by atoms with Crippen LogP contribution >= 0.6 is 27.3 Å². The van der Waals surface area contributed by atoms with Crippen LogP contribution in [0.3, 0.4) is 0 Å². The molecule has 0 bridgehead atoms. The van der Waals surface area contributed by atoms with Gasteiger partial charge in [-0.3, -0.25) is 4.98 Å². The zero-order valence-corrected chi connectivity index (χ0v) is 13.0. The van der Waals surface area contributed by atoms with Crippen molar-refractivity contribution in [1.82, 2.24) is 10.3 Å². The Kier molecular flexibility index (Phi) is 3.86. The number of benzene rings is 1. The van der Waals surface area contributed by atoms with E-state index in [1.165, 1.54) is 10.4 Å². The molecule has 3 rings (SSSR count). The monoisotopic (exact) mass is 338 g/mol. The fourth-order valence-corrected chi connectivity index (χ4v) is 3.44. The molecule has 0 aliphatic carbocycles. The normalized spacial score (nSPS) is 21.8. The molecule has 2 unspecified atom stereocenters. The molecule has 0 amide bonds. The Balaban J connectivity index is 1.95. The summed E-state index contributed by atoms with van der Waals surface area (Å²) >= 11 is 5.16. The Morgan fingerprint density at radius 3 is 3.16 bits per heavy atom. The van der Waals surface area contributed by atoms with E-state index in [1.54, 1.807) is 11.3 Å². The lowest BCUT2D eigenvalue weighted by Gasteiger charge is -2.32. The number of thiazole rings is 1. The minimum atomic E-state index is 0.0957. The molecule has 0 spiro atoms. The van der Waals surface area contributed by atoms with E-state index in [2.05, 4.69) is 45.3 Å². The van der Waals surface area contributed by atoms with Crippen molar-refractivity contribution in [3.8, 4) is 5.75 Å². The van der Waals surface area contributed by atoms with Crippen molar-refractivity contribution in [2.75, 3.05) is 6.54 Å². The largest absolute Gasteiger partial charge is 0.484 e. The van der Waals surface area contributed by atoms with Crippen molar-refractivity contribution in [2.24, 2.45) is 0 Å². The van der Waals surface area contributed by atoms with Crippen LogP contribution in [0.2, 0.25) is 0 Å². The van der Waals surface area contributed by atoms with Crippen molar-refractivity contribution < 1.29 is 4.74 Å². The zero-order valence-electron chi connectivity index (χ0n) is 10.6. The highest BCUT2D eigenvalue weighted by Crippen LogP contribution is 2.42. The zero-order chi connectivity index (χ0) is 13.2. The summed E-state index contributed by atoms with van der Waals surface area (Å²) in [7, 11) is 0. The summed E-state index contributed by atoms with van der Waals surface area (Å²) in [4.78, 5) is 5.34. The quantitative estimate of drug-likeness (QED) is 0.915. The smallest absolute Gasteiger partial charge is 0.136 e. The molecule has 19 heavy (non-hydrogen) atoms. The van der Waals surface area contributed by atoms with Crippen molar-refractivity contribution in [3.05, 3.63) is 44.8 Å². The summed E-state index contributed by atoms with van der Waals surface area (Å²) in [5, 5.41) is 3.54. The van der Waals surface area contributed by atoms with Crippen molar-refractivity contribution in [2.45, 2.75) is 25.5 Å². The molecule has 1 aromatic carbocycles. The maximum absolute atomic E-state index is 6.13. The van der Waals surface area contributed by atoms with E-state index in [0.717, 1.165) is 23.2 Å². The van der Waals surface area contributed by atoms with E-state index < -0.39 is 0 Å². The Bertz CT molecular complexity index is 559. The van der Waals surface area contributed by atoms with Crippen molar-refractivity contribution in [1.29, 1.82) is 0 Å². The Hall–Kier alpha value is -0.910. The molecule has 1 aliphatic rings. The molecule has 100 valence electrons. The lowest BCUT2D eigenvalue weighted by Crippen LogP contribution is -2.28. The van der Waals surface area contributed by atoms with Gasteiger partial charge in [0.15, 0.2) is 0 Å². The van der Waals surface area contributed by atoms with Crippen LogP contribution in [0.4, 0.5) is 0 Å². The van der Waals surface area contributed by atoms with Gasteiger partial charge in [0.1, 0.15) is 11.9 Å². The number of hydrogen-bond acceptors (Lipinski definition) is 4. The van der Waals surface area contributed by atoms with Gasteiger partial charge in [0.2, 0.25) is 0 Å². The third-order valence-corrected chi connectivity index (χ3v) is 4.65. The number of rotatable bonds is 3. The van der Waals surface area contributed by atoms with Gasteiger partial charge in [-0.05, 0) is 18.7 Å². The summed E-state index contributed by atoms with van der Waals surface area (Å²) < 4.78 is 7.18. The van der Waals surface area contributed by atoms with Gasteiger partial charge in [-0.2, -0.15) is 0 Å². The molecule has 1 aliphatic heterocycles. The van der Waals surface area contributed by atoms with Gasteiger partial charge in [0, 0.05) is 28.7 Å². The molecule has 1 N–H and O–H groups in total. The highest BCUT2D eigenvalue weighted by atomic mass is 79.9. The summed E-state index contributed by atoms with van der Waals surface area (Å²) in [6.45, 7) is 3.09. The van der Waals surface area contributed by atoms with Crippen LogP contribution in [0.1, 0.15) is 35.9 Å². The van der Waals surface area contributed by atoms with Crippen LogP contribution < -0.4 is 10.1 Å². The highest BCUT2D eigenvalue weighted by Gasteiger charge is 2.29. The maximum Gasteiger partial charge on any atom is 0.136 e. The second kappa shape index (κ2) is 5.61. The Morgan fingerprint density at radius 1 is 1.53 bits per heavy atom. The molecule has 0 fully saturated rings. The number of aromatic nitrogens is 1. The third kappa shape index (κ3) is 2.68. The molecule has 0 saturated heterocycles. The fourth-order valence-electron chi connectivity index (χ4n) is 2.44. The maximum atomic E-state index is 6.13. The number of nitrogens with one attached hydrogen (secondary N) is 1. The number of hydrogen-bond donors (Lipinski definition) is 1. The summed E-state index contributed by atoms with van der Waals surface area (Å²) in [5.74, 6) is 0.963. The summed E-state index contributed by atoms with van der Waals surface area (Å²) in [6, 6.07) is 6.59. The van der Waals surface area contributed by atoms with E-state index in [-0.39, 0.29) is 6.10 Å². The topological polar surface area (TPSA) is 34.2 Å². The molecule has 2 aromatic rings. The minimum absolute atomic E-state index is 0.0957. The van der Waals surface area contributed by atoms with Crippen molar-refractivity contribution >= 4 is 27.3 Å². The lowest BCUT2D eigenvalue weighted by atomic mass is 9.96. The van der Waals surface area contributed by atoms with E-state index >= 15 is 0 Å². The van der Waals surface area contributed by atoms with E-state index in [0.29, 0.717) is 6.04 Å². The molecular weight excluding hydrogens is 324 g/mol. The van der Waals surface area contributed by atoms with E-state index in [4.69, 9.17) is 4.74 Å². The predicted molar refractivity (Wildman–Crippen MR) is 80.7 cm³/mol. The minimum Gasteiger partial charge on any atom is -0.484 e. The van der Waals surface area contributed by atoms with Gasteiger partial charge in [-0.25, -0.2) is 0 Å². The van der Waals surface area contributed by atoms with Gasteiger partial charge in [0.25, 0.3) is 0 Å². The fraction of sp³-hybridized carbons (Fsp3) is 0.357. The van der Waals surface area contributed by atoms with E-state index in [1.807, 2.05) is 17.8 Å². The van der Waals surface area contributed by atoms with Crippen LogP contribution in [0.25, 0.3) is 0 Å². The van der Waals surface area contributed by atoms with Crippen LogP contribution in [0.15, 0.2) is 34.4 Å². The second-order valence-electron chi connectivity index (χ2n) is 4.54. The number of ether oxygens (including phenoxy) is 1. The van der Waals surface area contributed by atoms with Crippen LogP contribution in [0.5, 0.6) is 5.75 Å². The van der Waals surface area contributed by atoms with Crippen molar-refractivity contribution in [3.63, 3.8) is 0 Å². The standard InChI is InChI=1S/C14H15BrN2OS/c1-2-17-11-6-13(14-7-16-8-19-14)18-12-5-9(15)3-4-10(11)12/h3-5,7-8,11,13,17H,2,6H2,1H3. The molecular formula is C14H15BrN2OS. The van der Waals surface area contributed by atoms with Crippen LogP contribution in [-0.4, -0.2) is 11.5 Å². The molecule has 2 atom stereocenters. The molecule has 2 heterocycles. The molecule has 0 radical (unpaired) electrons. The molecule has 0 saturated carbocycles.